The van der Waals surface area contributed by atoms with Gasteiger partial charge in [-0.2, -0.15) is 5.26 Å². The largest absolute Gasteiger partial charge is 0.492 e. The fourth-order valence-electron chi connectivity index (χ4n) is 4.74. The molecule has 3 heterocycles. The molecular weight excluding hydrogens is 515 g/mol. The summed E-state index contributed by atoms with van der Waals surface area (Å²) in [6.07, 6.45) is 4.15. The number of halogens is 1. The highest BCUT2D eigenvalue weighted by atomic mass is 28.3. The minimum Gasteiger partial charge on any atom is -0.492 e. The number of rotatable bonds is 10. The van der Waals surface area contributed by atoms with Crippen LogP contribution in [-0.4, -0.2) is 60.0 Å². The van der Waals surface area contributed by atoms with Crippen molar-refractivity contribution in [3.63, 3.8) is 0 Å². The lowest BCUT2D eigenvalue weighted by molar-refractivity contribution is 0.0660. The highest BCUT2D eigenvalue weighted by Gasteiger charge is 2.33. The van der Waals surface area contributed by atoms with Crippen molar-refractivity contribution < 1.29 is 23.8 Å². The Morgan fingerprint density at radius 2 is 2.00 bits per heavy atom. The predicted octanol–water partition coefficient (Wildman–Crippen LogP) is 6.38. The van der Waals surface area contributed by atoms with Crippen LogP contribution in [0.1, 0.15) is 25.3 Å². The van der Waals surface area contributed by atoms with Gasteiger partial charge in [0, 0.05) is 56.7 Å². The van der Waals surface area contributed by atoms with Crippen LogP contribution in [0.5, 0.6) is 5.75 Å². The van der Waals surface area contributed by atoms with Crippen LogP contribution >= 0.6 is 0 Å². The number of piperidine rings is 1. The monoisotopic (exact) mass is 552 g/mol. The number of ether oxygens (including phenoxy) is 2. The Labute approximate surface area is 230 Å². The van der Waals surface area contributed by atoms with Gasteiger partial charge in [-0.15, -0.1) is 0 Å². The second-order valence-corrected chi connectivity index (χ2v) is 17.5. The Morgan fingerprint density at radius 1 is 1.26 bits per heavy atom. The number of amides is 1. The summed E-state index contributed by atoms with van der Waals surface area (Å²) in [7, 11) is -1.24. The van der Waals surface area contributed by atoms with E-state index in [-0.39, 0.29) is 11.8 Å². The number of fused-ring (bicyclic) bond motifs is 1. The summed E-state index contributed by atoms with van der Waals surface area (Å²) in [5.41, 5.74) is 2.31. The van der Waals surface area contributed by atoms with Crippen LogP contribution in [-0.2, 0) is 17.9 Å². The zero-order valence-corrected chi connectivity index (χ0v) is 24.2. The molecule has 4 rings (SSSR count). The molecule has 0 spiro atoms. The molecule has 10 heteroatoms. The van der Waals surface area contributed by atoms with Crippen molar-refractivity contribution in [3.05, 3.63) is 48.0 Å². The second kappa shape index (κ2) is 11.8. The molecule has 0 radical (unpaired) electrons. The van der Waals surface area contributed by atoms with E-state index in [1.807, 2.05) is 29.0 Å². The lowest BCUT2D eigenvalue weighted by Gasteiger charge is -2.37. The molecule has 1 N–H and O–H groups in total. The fourth-order valence-corrected chi connectivity index (χ4v) is 5.50. The smallest absolute Gasteiger partial charge is 0.407 e. The number of benzene rings is 1. The van der Waals surface area contributed by atoms with Crippen LogP contribution in [0, 0.1) is 22.6 Å². The first-order chi connectivity index (χ1) is 18.5. The van der Waals surface area contributed by atoms with Gasteiger partial charge in [0.1, 0.15) is 23.9 Å². The van der Waals surface area contributed by atoms with Gasteiger partial charge in [0.25, 0.3) is 0 Å². The van der Waals surface area contributed by atoms with Crippen molar-refractivity contribution in [2.75, 3.05) is 26.3 Å². The van der Waals surface area contributed by atoms with Crippen LogP contribution in [0.15, 0.2) is 36.7 Å². The molecule has 3 aromatic rings. The van der Waals surface area contributed by atoms with Crippen molar-refractivity contribution in [1.29, 1.82) is 5.26 Å². The first kappa shape index (κ1) is 28.6. The molecule has 39 heavy (non-hydrogen) atoms. The molecule has 0 atom stereocenters. The number of likely N-dealkylation sites (tertiary alicyclic amines) is 1. The summed E-state index contributed by atoms with van der Waals surface area (Å²) in [6, 6.07) is 9.79. The van der Waals surface area contributed by atoms with E-state index in [1.54, 1.807) is 12.3 Å². The quantitative estimate of drug-likeness (QED) is 0.231. The lowest BCUT2D eigenvalue weighted by Crippen LogP contribution is -2.43. The van der Waals surface area contributed by atoms with Gasteiger partial charge in [-0.1, -0.05) is 38.7 Å². The standard InChI is InChI=1S/C29H37FN4O4Si/c1-29(9-13-33(14-10-29)28(35)36)19-38-25-8-12-32-27-26(25)23(18-34(27)20-37-15-16-39(2,3)4)22-6-5-21(7-11-31)24(30)17-22/h5-6,8,12,17-18H,7,9-10,13-16,19-20H2,1-4H3,(H,35,36). The number of carboxylic acid groups (broad SMARTS) is 1. The third kappa shape index (κ3) is 6.97. The van der Waals surface area contributed by atoms with Crippen LogP contribution in [0.25, 0.3) is 22.2 Å². The molecule has 1 amide bonds. The molecule has 0 bridgehead atoms. The van der Waals surface area contributed by atoms with Gasteiger partial charge in [-0.05, 0) is 36.6 Å². The van der Waals surface area contributed by atoms with E-state index < -0.39 is 20.0 Å². The van der Waals surface area contributed by atoms with Gasteiger partial charge in [-0.3, -0.25) is 0 Å². The molecule has 1 aliphatic heterocycles. The first-order valence-electron chi connectivity index (χ1n) is 13.3. The van der Waals surface area contributed by atoms with Gasteiger partial charge >= 0.3 is 6.09 Å². The SMILES string of the molecule is CC1(COc2ccnc3c2c(-c2ccc(CC#N)c(F)c2)cn3COCC[Si](C)(C)C)CCN(C(=O)O)CC1. The second-order valence-electron chi connectivity index (χ2n) is 11.9. The average molecular weight is 553 g/mol. The minimum absolute atomic E-state index is 0.00656. The Morgan fingerprint density at radius 3 is 2.64 bits per heavy atom. The van der Waals surface area contributed by atoms with Crippen LogP contribution in [0.4, 0.5) is 9.18 Å². The fraction of sp³-hybridized carbons (Fsp3) is 0.483. The number of hydrogen-bond donors (Lipinski definition) is 1. The molecule has 1 aliphatic rings. The number of carbonyl (C=O) groups is 1. The van der Waals surface area contributed by atoms with Gasteiger partial charge in [0.15, 0.2) is 0 Å². The van der Waals surface area contributed by atoms with Crippen molar-refractivity contribution >= 4 is 25.2 Å². The summed E-state index contributed by atoms with van der Waals surface area (Å²) < 4.78 is 29.2. The van der Waals surface area contributed by atoms with Gasteiger partial charge < -0.3 is 24.0 Å². The lowest BCUT2D eigenvalue weighted by atomic mass is 9.81. The number of hydrogen-bond acceptors (Lipinski definition) is 5. The highest BCUT2D eigenvalue weighted by molar-refractivity contribution is 6.76. The van der Waals surface area contributed by atoms with E-state index in [9.17, 15) is 14.3 Å². The van der Waals surface area contributed by atoms with Crippen molar-refractivity contribution in [2.24, 2.45) is 5.41 Å². The Balaban J connectivity index is 1.65. The summed E-state index contributed by atoms with van der Waals surface area (Å²) in [5.74, 6) is 0.213. The van der Waals surface area contributed by atoms with Gasteiger partial charge in [0.05, 0.1) is 24.5 Å². The molecule has 0 aliphatic carbocycles. The maximum absolute atomic E-state index is 14.8. The number of nitriles is 1. The van der Waals surface area contributed by atoms with E-state index in [0.717, 1.165) is 17.0 Å². The molecular formula is C29H37FN4O4Si. The van der Waals surface area contributed by atoms with Gasteiger partial charge in [-0.25, -0.2) is 14.2 Å². The zero-order chi connectivity index (χ0) is 28.2. The first-order valence-corrected chi connectivity index (χ1v) is 17.0. The normalized spacial score (nSPS) is 15.3. The molecule has 8 nitrogen and oxygen atoms in total. The maximum Gasteiger partial charge on any atom is 0.407 e. The van der Waals surface area contributed by atoms with Crippen LogP contribution in [0.2, 0.25) is 25.7 Å². The summed E-state index contributed by atoms with van der Waals surface area (Å²) in [5, 5.41) is 19.1. The van der Waals surface area contributed by atoms with E-state index in [4.69, 9.17) is 14.7 Å². The molecule has 2 aromatic heterocycles. The summed E-state index contributed by atoms with van der Waals surface area (Å²) >= 11 is 0. The number of nitrogens with zero attached hydrogens (tertiary/aromatic N) is 4. The molecule has 1 saturated heterocycles. The van der Waals surface area contributed by atoms with Crippen molar-refractivity contribution in [2.45, 2.75) is 58.6 Å². The third-order valence-electron chi connectivity index (χ3n) is 7.40. The Bertz CT molecular complexity index is 1370. The average Bonchev–Trinajstić information content (AvgIpc) is 3.26. The third-order valence-corrected chi connectivity index (χ3v) is 9.10. The van der Waals surface area contributed by atoms with Crippen LogP contribution in [0.3, 0.4) is 0 Å². The topological polar surface area (TPSA) is 101 Å². The van der Waals surface area contributed by atoms with Crippen molar-refractivity contribution in [1.82, 2.24) is 14.5 Å². The summed E-state index contributed by atoms with van der Waals surface area (Å²) in [6.45, 7) is 11.4. The van der Waals surface area contributed by atoms with Crippen molar-refractivity contribution in [3.8, 4) is 22.9 Å². The molecule has 1 aromatic carbocycles. The minimum atomic E-state index is -1.24. The van der Waals surface area contributed by atoms with E-state index in [1.165, 1.54) is 11.0 Å². The molecule has 0 unspecified atom stereocenters. The Hall–Kier alpha value is -3.42. The van der Waals surface area contributed by atoms with E-state index in [0.29, 0.717) is 68.4 Å². The predicted molar refractivity (Wildman–Crippen MR) is 151 cm³/mol. The summed E-state index contributed by atoms with van der Waals surface area (Å²) in [4.78, 5) is 17.4. The van der Waals surface area contributed by atoms with Crippen LogP contribution < -0.4 is 4.74 Å². The molecule has 0 saturated carbocycles. The molecule has 208 valence electrons. The van der Waals surface area contributed by atoms with E-state index in [2.05, 4.69) is 31.5 Å². The number of aromatic nitrogens is 2. The zero-order valence-electron chi connectivity index (χ0n) is 23.2. The Kier molecular flexibility index (Phi) is 8.62. The highest BCUT2D eigenvalue weighted by Crippen LogP contribution is 2.39. The number of pyridine rings is 1. The van der Waals surface area contributed by atoms with E-state index >= 15 is 0 Å². The molecule has 1 fully saturated rings. The maximum atomic E-state index is 14.8. The van der Waals surface area contributed by atoms with Gasteiger partial charge in [0.2, 0.25) is 0 Å².